The van der Waals surface area contributed by atoms with Crippen LogP contribution in [0.2, 0.25) is 5.02 Å². The number of rotatable bonds is 2. The number of halogens is 1. The van der Waals surface area contributed by atoms with E-state index in [1.165, 1.54) is 0 Å². The van der Waals surface area contributed by atoms with E-state index >= 15 is 0 Å². The minimum atomic E-state index is -0.316. The van der Waals surface area contributed by atoms with Crippen LogP contribution in [0.3, 0.4) is 0 Å². The van der Waals surface area contributed by atoms with Gasteiger partial charge in [-0.3, -0.25) is 4.79 Å². The summed E-state index contributed by atoms with van der Waals surface area (Å²) in [6, 6.07) is 21.1. The first-order chi connectivity index (χ1) is 13.2. The first-order valence-corrected chi connectivity index (χ1v) is 9.13. The smallest absolute Gasteiger partial charge is 0.170 e. The highest BCUT2D eigenvalue weighted by Gasteiger charge is 2.29. The largest absolute Gasteiger partial charge is 0.484 e. The lowest BCUT2D eigenvalue weighted by Gasteiger charge is -2.25. The fraction of sp³-hybridized carbons (Fsp3) is 0.0870. The summed E-state index contributed by atoms with van der Waals surface area (Å²) < 4.78 is 11.9. The van der Waals surface area contributed by atoms with Gasteiger partial charge < -0.3 is 9.15 Å². The Morgan fingerprint density at radius 1 is 0.926 bits per heavy atom. The van der Waals surface area contributed by atoms with Crippen LogP contribution >= 0.6 is 11.6 Å². The second kappa shape index (κ2) is 6.29. The molecule has 5 rings (SSSR count). The van der Waals surface area contributed by atoms with Crippen molar-refractivity contribution >= 4 is 28.4 Å². The summed E-state index contributed by atoms with van der Waals surface area (Å²) in [7, 11) is 0. The van der Waals surface area contributed by atoms with E-state index in [0.717, 1.165) is 22.1 Å². The number of fused-ring (bicyclic) bond motifs is 2. The summed E-state index contributed by atoms with van der Waals surface area (Å²) in [4.78, 5) is 12.8. The van der Waals surface area contributed by atoms with Gasteiger partial charge in [0.05, 0.1) is 18.2 Å². The van der Waals surface area contributed by atoms with Gasteiger partial charge in [-0.1, -0.05) is 54.1 Å². The third-order valence-corrected chi connectivity index (χ3v) is 5.19. The van der Waals surface area contributed by atoms with E-state index in [1.54, 1.807) is 6.26 Å². The monoisotopic (exact) mass is 374 g/mol. The summed E-state index contributed by atoms with van der Waals surface area (Å²) in [5.74, 6) is 0.631. The molecule has 1 unspecified atom stereocenters. The lowest BCUT2D eigenvalue weighted by molar-refractivity contribution is 0.0850. The lowest BCUT2D eigenvalue weighted by Crippen LogP contribution is -2.20. The fourth-order valence-corrected chi connectivity index (χ4v) is 3.67. The third-order valence-electron chi connectivity index (χ3n) is 4.94. The summed E-state index contributed by atoms with van der Waals surface area (Å²) >= 11 is 5.96. The van der Waals surface area contributed by atoms with Crippen LogP contribution < -0.4 is 4.74 Å². The number of hydrogen-bond acceptors (Lipinski definition) is 3. The highest BCUT2D eigenvalue weighted by atomic mass is 35.5. The van der Waals surface area contributed by atoms with E-state index in [9.17, 15) is 4.79 Å². The van der Waals surface area contributed by atoms with Crippen molar-refractivity contribution in [3.63, 3.8) is 0 Å². The van der Waals surface area contributed by atoms with Gasteiger partial charge >= 0.3 is 0 Å². The highest BCUT2D eigenvalue weighted by Crippen LogP contribution is 2.40. The molecule has 0 saturated heterocycles. The number of ether oxygens (including phenoxy) is 1. The van der Waals surface area contributed by atoms with E-state index in [1.807, 2.05) is 66.7 Å². The van der Waals surface area contributed by atoms with Gasteiger partial charge in [-0.05, 0) is 29.3 Å². The first-order valence-electron chi connectivity index (χ1n) is 8.75. The molecule has 0 radical (unpaired) electrons. The molecule has 1 aliphatic rings. The summed E-state index contributed by atoms with van der Waals surface area (Å²) in [5.41, 5.74) is 4.27. The molecule has 0 bridgehead atoms. The van der Waals surface area contributed by atoms with Crippen molar-refractivity contribution < 1.29 is 13.9 Å². The molecule has 2 heterocycles. The molecule has 3 nitrogen and oxygen atoms in total. The van der Waals surface area contributed by atoms with Crippen molar-refractivity contribution in [2.75, 3.05) is 0 Å². The molecule has 0 fully saturated rings. The van der Waals surface area contributed by atoms with Crippen LogP contribution in [0.1, 0.15) is 28.4 Å². The van der Waals surface area contributed by atoms with Gasteiger partial charge in [-0.2, -0.15) is 0 Å². The molecular formula is C23H15ClO3. The maximum atomic E-state index is 12.8. The topological polar surface area (TPSA) is 39.4 Å². The van der Waals surface area contributed by atoms with Gasteiger partial charge in [-0.15, -0.1) is 0 Å². The molecule has 27 heavy (non-hydrogen) atoms. The molecular weight excluding hydrogens is 360 g/mol. The Kier molecular flexibility index (Phi) is 3.76. The summed E-state index contributed by atoms with van der Waals surface area (Å²) in [5, 5.41) is 1.58. The Hall–Kier alpha value is -3.04. The molecule has 1 aliphatic heterocycles. The van der Waals surface area contributed by atoms with E-state index in [4.69, 9.17) is 20.8 Å². The number of carbonyl (C=O) groups is 1. The van der Waals surface area contributed by atoms with Gasteiger partial charge in [0.15, 0.2) is 5.78 Å². The van der Waals surface area contributed by atoms with Gasteiger partial charge in [0.1, 0.15) is 17.4 Å². The number of benzene rings is 3. The van der Waals surface area contributed by atoms with Crippen LogP contribution in [-0.2, 0) is 0 Å². The zero-order valence-electron chi connectivity index (χ0n) is 14.3. The van der Waals surface area contributed by atoms with E-state index in [-0.39, 0.29) is 11.9 Å². The van der Waals surface area contributed by atoms with Crippen LogP contribution in [-0.4, -0.2) is 5.78 Å². The van der Waals surface area contributed by atoms with Gasteiger partial charge in [0.2, 0.25) is 0 Å². The van der Waals surface area contributed by atoms with Crippen LogP contribution in [0.15, 0.2) is 77.4 Å². The summed E-state index contributed by atoms with van der Waals surface area (Å²) in [6.07, 6.45) is 1.72. The first kappa shape index (κ1) is 16.2. The minimum Gasteiger partial charge on any atom is -0.484 e. The Morgan fingerprint density at radius 2 is 1.70 bits per heavy atom. The highest BCUT2D eigenvalue weighted by molar-refractivity contribution is 6.30. The van der Waals surface area contributed by atoms with Crippen molar-refractivity contribution in [2.45, 2.75) is 12.5 Å². The Balaban J connectivity index is 1.57. The van der Waals surface area contributed by atoms with Gasteiger partial charge in [0.25, 0.3) is 0 Å². The molecule has 0 aliphatic carbocycles. The van der Waals surface area contributed by atoms with Crippen molar-refractivity contribution in [3.05, 3.63) is 89.1 Å². The van der Waals surface area contributed by atoms with Crippen molar-refractivity contribution in [3.8, 4) is 16.9 Å². The number of carbonyl (C=O) groups excluding carboxylic acids is 1. The molecule has 0 saturated carbocycles. The fourth-order valence-electron chi connectivity index (χ4n) is 3.55. The molecule has 0 N–H and O–H groups in total. The molecule has 1 aromatic heterocycles. The molecule has 1 atom stereocenters. The predicted molar refractivity (Wildman–Crippen MR) is 105 cm³/mol. The molecule has 0 amide bonds. The Labute approximate surface area is 161 Å². The Bertz CT molecular complexity index is 1140. The SMILES string of the molecule is O=C1CC(c2ccc(Cl)cc2)Oc2cc3occ(-c4ccccc4)c3cc21. The quantitative estimate of drug-likeness (QED) is 0.404. The zero-order chi connectivity index (χ0) is 18.4. The van der Waals surface area contributed by atoms with Crippen molar-refractivity contribution in [2.24, 2.45) is 0 Å². The van der Waals surface area contributed by atoms with Crippen molar-refractivity contribution in [1.82, 2.24) is 0 Å². The number of furan rings is 1. The van der Waals surface area contributed by atoms with E-state index in [0.29, 0.717) is 28.3 Å². The van der Waals surface area contributed by atoms with Gasteiger partial charge in [0, 0.05) is 22.0 Å². The van der Waals surface area contributed by atoms with Gasteiger partial charge in [-0.25, -0.2) is 0 Å². The number of Topliss-reactive ketones (excluding diaryl/α,β-unsaturated/α-hetero) is 1. The van der Waals surface area contributed by atoms with E-state index in [2.05, 4.69) is 0 Å². The molecule has 0 spiro atoms. The average molecular weight is 375 g/mol. The molecule has 4 heteroatoms. The number of ketones is 1. The standard InChI is InChI=1S/C23H15ClO3/c24-16-8-6-15(7-9-16)21-11-20(25)18-10-17-19(14-4-2-1-3-5-14)13-26-22(17)12-23(18)27-21/h1-10,12-13,21H,11H2. The number of hydrogen-bond donors (Lipinski definition) is 0. The third kappa shape index (κ3) is 2.81. The Morgan fingerprint density at radius 3 is 2.48 bits per heavy atom. The predicted octanol–water partition coefficient (Wildman–Crippen LogP) is 6.46. The molecule has 132 valence electrons. The second-order valence-electron chi connectivity index (χ2n) is 6.65. The van der Waals surface area contributed by atoms with Crippen LogP contribution in [0.4, 0.5) is 0 Å². The maximum absolute atomic E-state index is 12.8. The normalized spacial score (nSPS) is 16.2. The van der Waals surface area contributed by atoms with E-state index < -0.39 is 0 Å². The maximum Gasteiger partial charge on any atom is 0.170 e. The van der Waals surface area contributed by atoms with Crippen LogP contribution in [0, 0.1) is 0 Å². The minimum absolute atomic E-state index is 0.0679. The lowest BCUT2D eigenvalue weighted by atomic mass is 9.94. The summed E-state index contributed by atoms with van der Waals surface area (Å²) in [6.45, 7) is 0. The zero-order valence-corrected chi connectivity index (χ0v) is 15.1. The molecule has 4 aromatic rings. The van der Waals surface area contributed by atoms with Crippen molar-refractivity contribution in [1.29, 1.82) is 0 Å². The average Bonchev–Trinajstić information content (AvgIpc) is 3.10. The van der Waals surface area contributed by atoms with Crippen LogP contribution in [0.25, 0.3) is 22.1 Å². The molecule has 3 aromatic carbocycles. The second-order valence-corrected chi connectivity index (χ2v) is 7.08. The van der Waals surface area contributed by atoms with Crippen LogP contribution in [0.5, 0.6) is 5.75 Å².